The van der Waals surface area contributed by atoms with E-state index in [4.69, 9.17) is 5.73 Å². The van der Waals surface area contributed by atoms with Crippen molar-refractivity contribution in [2.75, 3.05) is 6.54 Å². The zero-order chi connectivity index (χ0) is 12.0. The fourth-order valence-corrected chi connectivity index (χ4v) is 2.68. The summed E-state index contributed by atoms with van der Waals surface area (Å²) in [6.45, 7) is 5.23. The average molecular weight is 228 g/mol. The van der Waals surface area contributed by atoms with Crippen LogP contribution >= 0.6 is 0 Å². The zero-order valence-corrected chi connectivity index (χ0v) is 10.6. The molecule has 0 saturated heterocycles. The van der Waals surface area contributed by atoms with Gasteiger partial charge in [0.1, 0.15) is 0 Å². The Morgan fingerprint density at radius 1 is 1.35 bits per heavy atom. The van der Waals surface area contributed by atoms with Crippen molar-refractivity contribution in [3.05, 3.63) is 35.5 Å². The molecule has 3 rings (SSSR count). The molecule has 0 spiro atoms. The average Bonchev–Trinajstić information content (AvgIpc) is 3.01. The number of nitrogens with one attached hydrogen (secondary N) is 1. The summed E-state index contributed by atoms with van der Waals surface area (Å²) >= 11 is 0. The monoisotopic (exact) mass is 228 g/mol. The lowest BCUT2D eigenvalue weighted by Gasteiger charge is -2.11. The minimum atomic E-state index is 0.275. The molecule has 0 atom stereocenters. The molecule has 1 fully saturated rings. The third-order valence-electron chi connectivity index (χ3n) is 4.19. The Labute approximate surface area is 102 Å². The largest absolute Gasteiger partial charge is 0.361 e. The van der Waals surface area contributed by atoms with Crippen LogP contribution < -0.4 is 5.73 Å². The van der Waals surface area contributed by atoms with E-state index in [1.165, 1.54) is 34.9 Å². The molecular weight excluding hydrogens is 208 g/mol. The number of aromatic nitrogens is 1. The van der Waals surface area contributed by atoms with E-state index in [0.717, 1.165) is 6.54 Å². The second kappa shape index (κ2) is 3.61. The maximum Gasteiger partial charge on any atom is 0.0459 e. The summed E-state index contributed by atoms with van der Waals surface area (Å²) < 4.78 is 0. The van der Waals surface area contributed by atoms with Gasteiger partial charge in [-0.3, -0.25) is 0 Å². The maximum atomic E-state index is 5.92. The highest BCUT2D eigenvalue weighted by Crippen LogP contribution is 2.49. The van der Waals surface area contributed by atoms with Crippen molar-refractivity contribution in [2.45, 2.75) is 38.0 Å². The van der Waals surface area contributed by atoms with E-state index < -0.39 is 0 Å². The molecule has 2 nitrogen and oxygen atoms in total. The molecule has 0 radical (unpaired) electrons. The smallest absolute Gasteiger partial charge is 0.0459 e. The van der Waals surface area contributed by atoms with E-state index in [1.54, 1.807) is 0 Å². The molecule has 0 unspecified atom stereocenters. The fraction of sp³-hybridized carbons (Fsp3) is 0.467. The highest BCUT2D eigenvalue weighted by Gasteiger charge is 2.44. The second-order valence-corrected chi connectivity index (χ2v) is 5.65. The predicted molar refractivity (Wildman–Crippen MR) is 72.4 cm³/mol. The van der Waals surface area contributed by atoms with Crippen LogP contribution in [0, 0.1) is 0 Å². The minimum Gasteiger partial charge on any atom is -0.361 e. The van der Waals surface area contributed by atoms with Gasteiger partial charge in [-0.25, -0.2) is 0 Å². The van der Waals surface area contributed by atoms with Crippen molar-refractivity contribution < 1.29 is 0 Å². The molecule has 1 aromatic heterocycles. The van der Waals surface area contributed by atoms with Crippen molar-refractivity contribution in [3.8, 4) is 0 Å². The Balaban J connectivity index is 2.11. The first-order valence-electron chi connectivity index (χ1n) is 6.48. The first-order valence-corrected chi connectivity index (χ1v) is 6.48. The number of nitrogens with two attached hydrogens (primary N) is 1. The Kier molecular flexibility index (Phi) is 2.30. The standard InChI is InChI=1S/C15H20N2/c1-10(2)11-3-4-12-13(8-17-14(12)7-11)15(9-16)5-6-15/h3-4,7-8,10,17H,5-6,9,16H2,1-2H3. The minimum absolute atomic E-state index is 0.275. The molecule has 2 aromatic rings. The highest BCUT2D eigenvalue weighted by atomic mass is 14.7. The van der Waals surface area contributed by atoms with Crippen LogP contribution in [0.2, 0.25) is 0 Å². The van der Waals surface area contributed by atoms with Crippen molar-refractivity contribution >= 4 is 10.9 Å². The van der Waals surface area contributed by atoms with Crippen LogP contribution in [0.3, 0.4) is 0 Å². The van der Waals surface area contributed by atoms with Gasteiger partial charge >= 0.3 is 0 Å². The molecule has 1 aromatic carbocycles. The van der Waals surface area contributed by atoms with Crippen LogP contribution in [0.15, 0.2) is 24.4 Å². The predicted octanol–water partition coefficient (Wildman–Crippen LogP) is 3.28. The van der Waals surface area contributed by atoms with Crippen LogP contribution in [0.5, 0.6) is 0 Å². The Bertz CT molecular complexity index is 547. The lowest BCUT2D eigenvalue weighted by atomic mass is 9.94. The molecule has 3 N–H and O–H groups in total. The first kappa shape index (κ1) is 10.8. The number of aromatic amines is 1. The van der Waals surface area contributed by atoms with E-state index >= 15 is 0 Å². The number of benzene rings is 1. The number of rotatable bonds is 3. The molecule has 17 heavy (non-hydrogen) atoms. The summed E-state index contributed by atoms with van der Waals surface area (Å²) in [5.41, 5.74) is 10.3. The molecule has 1 heterocycles. The molecule has 2 heteroatoms. The van der Waals surface area contributed by atoms with Gasteiger partial charge in [-0.1, -0.05) is 26.0 Å². The summed E-state index contributed by atoms with van der Waals surface area (Å²) in [4.78, 5) is 3.41. The summed E-state index contributed by atoms with van der Waals surface area (Å²) in [6, 6.07) is 6.78. The molecule has 90 valence electrons. The van der Waals surface area contributed by atoms with E-state index in [-0.39, 0.29) is 5.41 Å². The quantitative estimate of drug-likeness (QED) is 0.831. The Morgan fingerprint density at radius 3 is 2.71 bits per heavy atom. The summed E-state index contributed by atoms with van der Waals surface area (Å²) in [5, 5.41) is 1.36. The Hall–Kier alpha value is -1.28. The number of H-pyrrole nitrogens is 1. The first-order chi connectivity index (χ1) is 8.16. The SMILES string of the molecule is CC(C)c1ccc2c(C3(CN)CC3)c[nH]c2c1. The number of fused-ring (bicyclic) bond motifs is 1. The second-order valence-electron chi connectivity index (χ2n) is 5.65. The highest BCUT2D eigenvalue weighted by molar-refractivity contribution is 5.85. The van der Waals surface area contributed by atoms with E-state index in [1.807, 2.05) is 0 Å². The molecular formula is C15H20N2. The summed E-state index contributed by atoms with van der Waals surface area (Å²) in [7, 11) is 0. The van der Waals surface area contributed by atoms with Gasteiger partial charge in [0.15, 0.2) is 0 Å². The van der Waals surface area contributed by atoms with Crippen molar-refractivity contribution in [3.63, 3.8) is 0 Å². The number of hydrogen-bond donors (Lipinski definition) is 2. The van der Waals surface area contributed by atoms with Gasteiger partial charge in [-0.15, -0.1) is 0 Å². The summed E-state index contributed by atoms with van der Waals surface area (Å²) in [6.07, 6.45) is 4.64. The van der Waals surface area contributed by atoms with E-state index in [2.05, 4.69) is 43.2 Å². The van der Waals surface area contributed by atoms with Gasteiger partial charge < -0.3 is 10.7 Å². The molecule has 0 amide bonds. The van der Waals surface area contributed by atoms with Crippen molar-refractivity contribution in [1.82, 2.24) is 4.98 Å². The van der Waals surface area contributed by atoms with Gasteiger partial charge in [0, 0.05) is 29.1 Å². The molecule has 1 aliphatic carbocycles. The van der Waals surface area contributed by atoms with Gasteiger partial charge in [-0.2, -0.15) is 0 Å². The van der Waals surface area contributed by atoms with Gasteiger partial charge in [-0.05, 0) is 36.0 Å². The van der Waals surface area contributed by atoms with Crippen molar-refractivity contribution in [1.29, 1.82) is 0 Å². The third-order valence-corrected chi connectivity index (χ3v) is 4.19. The normalized spacial score (nSPS) is 17.9. The van der Waals surface area contributed by atoms with Crippen LogP contribution in [0.1, 0.15) is 43.7 Å². The lowest BCUT2D eigenvalue weighted by Crippen LogP contribution is -2.19. The number of hydrogen-bond acceptors (Lipinski definition) is 1. The third kappa shape index (κ3) is 1.59. The van der Waals surface area contributed by atoms with E-state index in [9.17, 15) is 0 Å². The van der Waals surface area contributed by atoms with Gasteiger partial charge in [0.05, 0.1) is 0 Å². The van der Waals surface area contributed by atoms with Crippen LogP contribution in [-0.4, -0.2) is 11.5 Å². The van der Waals surface area contributed by atoms with Crippen LogP contribution in [0.4, 0.5) is 0 Å². The van der Waals surface area contributed by atoms with Crippen LogP contribution in [-0.2, 0) is 5.41 Å². The zero-order valence-electron chi connectivity index (χ0n) is 10.6. The van der Waals surface area contributed by atoms with Crippen molar-refractivity contribution in [2.24, 2.45) is 5.73 Å². The van der Waals surface area contributed by atoms with Gasteiger partial charge in [0.2, 0.25) is 0 Å². The van der Waals surface area contributed by atoms with Gasteiger partial charge in [0.25, 0.3) is 0 Å². The van der Waals surface area contributed by atoms with Crippen LogP contribution in [0.25, 0.3) is 10.9 Å². The topological polar surface area (TPSA) is 41.8 Å². The molecule has 0 aliphatic heterocycles. The summed E-state index contributed by atoms with van der Waals surface area (Å²) in [5.74, 6) is 0.579. The molecule has 1 saturated carbocycles. The maximum absolute atomic E-state index is 5.92. The molecule has 0 bridgehead atoms. The fourth-order valence-electron chi connectivity index (χ4n) is 2.68. The van der Waals surface area contributed by atoms with E-state index in [0.29, 0.717) is 5.92 Å². The Morgan fingerprint density at radius 2 is 2.12 bits per heavy atom. The molecule has 1 aliphatic rings. The lowest BCUT2D eigenvalue weighted by molar-refractivity contribution is 0.711.